The summed E-state index contributed by atoms with van der Waals surface area (Å²) >= 11 is 0. The van der Waals surface area contributed by atoms with Crippen LogP contribution in [-0.4, -0.2) is 89.5 Å². The molecule has 1 aliphatic heterocycles. The third kappa shape index (κ3) is 7.92. The number of aliphatic carboxylic acids is 1. The zero-order valence-electron chi connectivity index (χ0n) is 16.2. The highest BCUT2D eigenvalue weighted by molar-refractivity contribution is 5.84. The Morgan fingerprint density at radius 1 is 1.28 bits per heavy atom. The van der Waals surface area contributed by atoms with Crippen LogP contribution in [0.2, 0.25) is 0 Å². The van der Waals surface area contributed by atoms with Crippen LogP contribution in [0.4, 0.5) is 0 Å². The van der Waals surface area contributed by atoms with Crippen molar-refractivity contribution in [3.63, 3.8) is 0 Å². The molecule has 29 heavy (non-hydrogen) atoms. The maximum Gasteiger partial charge on any atom is 0.370 e. The number of nitrogens with one attached hydrogen (secondary N) is 3. The molecule has 0 spiro atoms. The van der Waals surface area contributed by atoms with Gasteiger partial charge in [0.15, 0.2) is 0 Å². The Morgan fingerprint density at radius 2 is 1.93 bits per heavy atom. The van der Waals surface area contributed by atoms with E-state index < -0.39 is 60.9 Å². The van der Waals surface area contributed by atoms with Crippen LogP contribution in [0.3, 0.4) is 0 Å². The topological polar surface area (TPSA) is 218 Å². The van der Waals surface area contributed by atoms with Gasteiger partial charge in [0.1, 0.15) is 24.6 Å². The number of hydrogen-bond acceptors (Lipinski definition) is 10. The summed E-state index contributed by atoms with van der Waals surface area (Å²) in [6.45, 7) is 1.85. The van der Waals surface area contributed by atoms with Crippen molar-refractivity contribution in [3.05, 3.63) is 11.8 Å². The lowest BCUT2D eigenvalue weighted by Gasteiger charge is -2.42. The summed E-state index contributed by atoms with van der Waals surface area (Å²) in [5, 5.41) is 36.8. The zero-order chi connectivity index (χ0) is 22.1. The summed E-state index contributed by atoms with van der Waals surface area (Å²) in [5.74, 6) is -2.64. The molecule has 0 aliphatic carbocycles. The third-order valence-corrected chi connectivity index (χ3v) is 3.98. The second kappa shape index (κ2) is 11.6. The molecule has 166 valence electrons. The molecular weight excluding hydrogens is 390 g/mol. The van der Waals surface area contributed by atoms with Crippen LogP contribution < -0.4 is 27.4 Å². The summed E-state index contributed by atoms with van der Waals surface area (Å²) in [7, 11) is 0. The molecule has 0 fully saturated rings. The van der Waals surface area contributed by atoms with E-state index in [1.54, 1.807) is 0 Å². The molecule has 0 aromatic carbocycles. The molecule has 0 aromatic heterocycles. The molecule has 0 bridgehead atoms. The number of ether oxygens (including phenoxy) is 2. The second-order valence-corrected chi connectivity index (χ2v) is 6.43. The molecule has 0 radical (unpaired) electrons. The number of carboxylic acid groups (broad SMARTS) is 1. The minimum atomic E-state index is -1.48. The molecule has 1 rings (SSSR count). The summed E-state index contributed by atoms with van der Waals surface area (Å²) in [6.07, 6.45) is -3.83. The number of nitrogens with two attached hydrogens (primary N) is 2. The van der Waals surface area contributed by atoms with Gasteiger partial charge in [-0.2, -0.15) is 0 Å². The first kappa shape index (κ1) is 24.7. The van der Waals surface area contributed by atoms with Gasteiger partial charge in [-0.15, -0.1) is 0 Å². The van der Waals surface area contributed by atoms with Gasteiger partial charge < -0.3 is 46.9 Å². The van der Waals surface area contributed by atoms with E-state index in [-0.39, 0.29) is 19.1 Å². The largest absolute Gasteiger partial charge is 0.478 e. The minimum absolute atomic E-state index is 0.0748. The highest BCUT2D eigenvalue weighted by Gasteiger charge is 2.45. The van der Waals surface area contributed by atoms with E-state index in [1.165, 1.54) is 19.9 Å². The number of rotatable bonds is 11. The number of carboxylic acids is 1. The van der Waals surface area contributed by atoms with Crippen LogP contribution in [0.1, 0.15) is 13.8 Å². The van der Waals surface area contributed by atoms with E-state index in [2.05, 4.69) is 16.0 Å². The van der Waals surface area contributed by atoms with Crippen LogP contribution in [-0.2, 0) is 23.9 Å². The van der Waals surface area contributed by atoms with Crippen LogP contribution in [0.15, 0.2) is 11.8 Å². The van der Waals surface area contributed by atoms with Crippen LogP contribution >= 0.6 is 0 Å². The Kier molecular flexibility index (Phi) is 9.94. The Morgan fingerprint density at radius 3 is 2.41 bits per heavy atom. The van der Waals surface area contributed by atoms with Crippen molar-refractivity contribution in [3.8, 4) is 0 Å². The molecule has 0 saturated heterocycles. The smallest absolute Gasteiger partial charge is 0.370 e. The monoisotopic (exact) mass is 419 g/mol. The van der Waals surface area contributed by atoms with Gasteiger partial charge in [0.2, 0.25) is 17.6 Å². The van der Waals surface area contributed by atoms with Crippen LogP contribution in [0.25, 0.3) is 0 Å². The average Bonchev–Trinajstić information content (AvgIpc) is 2.61. The van der Waals surface area contributed by atoms with Gasteiger partial charge in [-0.25, -0.2) is 4.79 Å². The molecule has 0 saturated carbocycles. The third-order valence-electron chi connectivity index (χ3n) is 3.98. The normalized spacial score (nSPS) is 23.6. The van der Waals surface area contributed by atoms with Crippen molar-refractivity contribution in [1.82, 2.24) is 16.0 Å². The lowest BCUT2D eigenvalue weighted by molar-refractivity contribution is -0.154. The van der Waals surface area contributed by atoms with Gasteiger partial charge in [-0.1, -0.05) is 0 Å². The van der Waals surface area contributed by atoms with E-state index in [9.17, 15) is 29.7 Å². The van der Waals surface area contributed by atoms with E-state index in [0.29, 0.717) is 0 Å². The molecular formula is C16H29N5O8. The Balaban J connectivity index is 3.20. The lowest BCUT2D eigenvalue weighted by atomic mass is 9.91. The van der Waals surface area contributed by atoms with Gasteiger partial charge in [-0.05, 0) is 6.08 Å². The summed E-state index contributed by atoms with van der Waals surface area (Å²) in [4.78, 5) is 34.2. The molecule has 13 nitrogen and oxygen atoms in total. The number of carbonyl (C=O) groups is 3. The van der Waals surface area contributed by atoms with Gasteiger partial charge >= 0.3 is 5.97 Å². The summed E-state index contributed by atoms with van der Waals surface area (Å²) in [6, 6.07) is -1.83. The first-order chi connectivity index (χ1) is 13.6. The first-order valence-electron chi connectivity index (χ1n) is 8.87. The zero-order valence-corrected chi connectivity index (χ0v) is 16.2. The first-order valence-corrected chi connectivity index (χ1v) is 8.87. The minimum Gasteiger partial charge on any atom is -0.478 e. The molecule has 5 unspecified atom stereocenters. The van der Waals surface area contributed by atoms with E-state index >= 15 is 0 Å². The Bertz CT molecular complexity index is 614. The van der Waals surface area contributed by atoms with Crippen molar-refractivity contribution >= 4 is 17.8 Å². The van der Waals surface area contributed by atoms with Crippen molar-refractivity contribution in [1.29, 1.82) is 0 Å². The standard InChI is InChI=1S/C16H29N5O8/c1-7(23)19-3-4-28-13(10(25)6-22)14-12(20-8(2)24)9(21-16(17)18)5-11(29-14)15(26)27/h5,9-10,12-14,16,21-22,25H,3-4,6,17-18H2,1-2H3,(H,19,23)(H,20,24)(H,26,27). The summed E-state index contributed by atoms with van der Waals surface area (Å²) < 4.78 is 11.0. The van der Waals surface area contributed by atoms with Crippen molar-refractivity contribution < 1.29 is 39.2 Å². The molecule has 5 atom stereocenters. The average molecular weight is 419 g/mol. The predicted molar refractivity (Wildman–Crippen MR) is 98.8 cm³/mol. The highest BCUT2D eigenvalue weighted by atomic mass is 16.6. The quantitative estimate of drug-likeness (QED) is 0.119. The number of aliphatic hydroxyl groups is 2. The van der Waals surface area contributed by atoms with Crippen LogP contribution in [0, 0.1) is 0 Å². The SMILES string of the molecule is CC(=O)NCCOC(C(O)CO)C1OC(C(=O)O)=CC(NC(N)N)C1NC(C)=O. The lowest BCUT2D eigenvalue weighted by Crippen LogP contribution is -2.66. The second-order valence-electron chi connectivity index (χ2n) is 6.43. The maximum absolute atomic E-state index is 11.7. The predicted octanol–water partition coefficient (Wildman–Crippen LogP) is -4.11. The fourth-order valence-electron chi connectivity index (χ4n) is 2.85. The maximum atomic E-state index is 11.7. The molecule has 0 aromatic rings. The van der Waals surface area contributed by atoms with E-state index in [1.807, 2.05) is 0 Å². The fraction of sp³-hybridized carbons (Fsp3) is 0.688. The molecule has 1 aliphatic rings. The molecule has 2 amide bonds. The van der Waals surface area contributed by atoms with Gasteiger partial charge in [0.05, 0.1) is 25.3 Å². The molecule has 10 N–H and O–H groups in total. The molecule has 13 heteroatoms. The summed E-state index contributed by atoms with van der Waals surface area (Å²) in [5.41, 5.74) is 11.1. The molecule has 1 heterocycles. The van der Waals surface area contributed by atoms with Crippen LogP contribution in [0.5, 0.6) is 0 Å². The van der Waals surface area contributed by atoms with Gasteiger partial charge in [0, 0.05) is 20.4 Å². The highest BCUT2D eigenvalue weighted by Crippen LogP contribution is 2.25. The Labute approximate surface area is 167 Å². The van der Waals surface area contributed by atoms with Crippen molar-refractivity contribution in [2.24, 2.45) is 11.5 Å². The van der Waals surface area contributed by atoms with E-state index in [0.717, 1.165) is 0 Å². The van der Waals surface area contributed by atoms with Gasteiger partial charge in [0.25, 0.3) is 0 Å². The fourth-order valence-corrected chi connectivity index (χ4v) is 2.85. The van der Waals surface area contributed by atoms with E-state index in [4.69, 9.17) is 20.9 Å². The van der Waals surface area contributed by atoms with Crippen molar-refractivity contribution in [2.45, 2.75) is 50.5 Å². The number of aliphatic hydroxyl groups excluding tert-OH is 2. The number of amides is 2. The van der Waals surface area contributed by atoms with Crippen molar-refractivity contribution in [2.75, 3.05) is 19.8 Å². The Hall–Kier alpha value is -2.29. The van der Waals surface area contributed by atoms with Gasteiger partial charge in [-0.3, -0.25) is 14.9 Å². The number of hydrogen-bond donors (Lipinski definition) is 8. The number of carbonyl (C=O) groups excluding carboxylic acids is 2.